The average Bonchev–Trinajstić information content (AvgIpc) is 2.65. The monoisotopic (exact) mass is 326 g/mol. The van der Waals surface area contributed by atoms with Crippen LogP contribution in [0.5, 0.6) is 5.75 Å². The molecule has 2 atom stereocenters. The molecule has 5 nitrogen and oxygen atoms in total. The molecule has 0 aliphatic carbocycles. The van der Waals surface area contributed by atoms with Crippen LogP contribution in [0.2, 0.25) is 0 Å². The third kappa shape index (κ3) is 4.96. The van der Waals surface area contributed by atoms with Crippen molar-refractivity contribution in [2.24, 2.45) is 5.92 Å². The number of nitrogens with zero attached hydrogens (tertiary/aromatic N) is 4. The van der Waals surface area contributed by atoms with E-state index in [2.05, 4.69) is 41.0 Å². The van der Waals surface area contributed by atoms with Crippen molar-refractivity contribution < 1.29 is 4.74 Å². The minimum absolute atomic E-state index is 0.0352. The highest BCUT2D eigenvalue weighted by atomic mass is 16.5. The fourth-order valence-electron chi connectivity index (χ4n) is 3.19. The molecule has 24 heavy (non-hydrogen) atoms. The van der Waals surface area contributed by atoms with Crippen LogP contribution in [0, 0.1) is 28.6 Å². The highest BCUT2D eigenvalue weighted by molar-refractivity contribution is 5.30. The summed E-state index contributed by atoms with van der Waals surface area (Å²) in [7, 11) is 1.69. The Morgan fingerprint density at radius 2 is 1.96 bits per heavy atom. The summed E-state index contributed by atoms with van der Waals surface area (Å²) in [6, 6.07) is 13.1. The molecule has 0 bridgehead atoms. The fraction of sp³-hybridized carbons (Fsp3) is 0.579. The third-order valence-corrected chi connectivity index (χ3v) is 4.80. The van der Waals surface area contributed by atoms with E-state index in [4.69, 9.17) is 10.00 Å². The van der Waals surface area contributed by atoms with Crippen molar-refractivity contribution in [2.45, 2.75) is 25.8 Å². The predicted molar refractivity (Wildman–Crippen MR) is 93.4 cm³/mol. The van der Waals surface area contributed by atoms with E-state index in [0.717, 1.165) is 38.5 Å². The molecule has 1 heterocycles. The Kier molecular flexibility index (Phi) is 7.06. The summed E-state index contributed by atoms with van der Waals surface area (Å²) < 4.78 is 5.32. The number of hydrogen-bond acceptors (Lipinski definition) is 5. The molecular formula is C19H26N4O. The summed E-state index contributed by atoms with van der Waals surface area (Å²) >= 11 is 0. The maximum absolute atomic E-state index is 9.21. The molecule has 0 spiro atoms. The van der Waals surface area contributed by atoms with Crippen LogP contribution in [0.1, 0.15) is 31.4 Å². The topological polar surface area (TPSA) is 63.3 Å². The van der Waals surface area contributed by atoms with Crippen molar-refractivity contribution in [3.63, 3.8) is 0 Å². The predicted octanol–water partition coefficient (Wildman–Crippen LogP) is 2.82. The lowest BCUT2D eigenvalue weighted by atomic mass is 10.0. The Hall–Kier alpha value is -2.08. The molecule has 5 heteroatoms. The highest BCUT2D eigenvalue weighted by Crippen LogP contribution is 2.25. The number of methoxy groups -OCH3 is 1. The van der Waals surface area contributed by atoms with Gasteiger partial charge in [0.15, 0.2) is 0 Å². The van der Waals surface area contributed by atoms with Gasteiger partial charge < -0.3 is 4.74 Å². The van der Waals surface area contributed by atoms with E-state index >= 15 is 0 Å². The molecule has 0 amide bonds. The van der Waals surface area contributed by atoms with E-state index in [9.17, 15) is 5.26 Å². The van der Waals surface area contributed by atoms with Gasteiger partial charge in [-0.2, -0.15) is 10.5 Å². The van der Waals surface area contributed by atoms with Crippen molar-refractivity contribution in [3.05, 3.63) is 29.8 Å². The molecule has 2 rings (SSSR count). The van der Waals surface area contributed by atoms with Gasteiger partial charge in [0, 0.05) is 45.2 Å². The van der Waals surface area contributed by atoms with E-state index in [0.29, 0.717) is 18.9 Å². The molecule has 1 fully saturated rings. The highest BCUT2D eigenvalue weighted by Gasteiger charge is 2.23. The maximum Gasteiger partial charge on any atom is 0.119 e. The second-order valence-electron chi connectivity index (χ2n) is 6.31. The van der Waals surface area contributed by atoms with Crippen LogP contribution in [0.4, 0.5) is 0 Å². The van der Waals surface area contributed by atoms with Gasteiger partial charge in [0.1, 0.15) is 5.75 Å². The average molecular weight is 326 g/mol. The van der Waals surface area contributed by atoms with Crippen LogP contribution in [-0.4, -0.2) is 49.6 Å². The van der Waals surface area contributed by atoms with Gasteiger partial charge in [0.25, 0.3) is 0 Å². The Morgan fingerprint density at radius 1 is 1.21 bits per heavy atom. The van der Waals surface area contributed by atoms with Crippen LogP contribution >= 0.6 is 0 Å². The summed E-state index contributed by atoms with van der Waals surface area (Å²) in [4.78, 5) is 4.82. The molecule has 0 radical (unpaired) electrons. The lowest BCUT2D eigenvalue weighted by molar-refractivity contribution is 0.0954. The van der Waals surface area contributed by atoms with E-state index in [1.165, 1.54) is 5.56 Å². The van der Waals surface area contributed by atoms with Gasteiger partial charge in [0.05, 0.1) is 25.2 Å². The Balaban J connectivity index is 1.85. The molecule has 1 aromatic rings. The van der Waals surface area contributed by atoms with Gasteiger partial charge in [-0.3, -0.25) is 9.80 Å². The van der Waals surface area contributed by atoms with E-state index < -0.39 is 0 Å². The molecule has 1 aromatic carbocycles. The van der Waals surface area contributed by atoms with Gasteiger partial charge in [0.2, 0.25) is 0 Å². The normalized spacial score (nSPS) is 18.3. The molecule has 0 N–H and O–H groups in total. The van der Waals surface area contributed by atoms with Gasteiger partial charge >= 0.3 is 0 Å². The third-order valence-electron chi connectivity index (χ3n) is 4.80. The zero-order valence-electron chi connectivity index (χ0n) is 14.6. The van der Waals surface area contributed by atoms with Crippen LogP contribution in [0.3, 0.4) is 0 Å². The standard InChI is InChI=1S/C19H26N4O/c1-16(18-6-3-7-19(13-18)24-2)23-11-9-22(10-12-23)15-17(14-21)5-4-8-20/h3,6-7,13,16-17H,4-5,9-12,15H2,1-2H3. The summed E-state index contributed by atoms with van der Waals surface area (Å²) in [6.07, 6.45) is 1.14. The molecule has 128 valence electrons. The van der Waals surface area contributed by atoms with Crippen LogP contribution in [0.15, 0.2) is 24.3 Å². The first-order valence-corrected chi connectivity index (χ1v) is 8.55. The molecule has 1 aliphatic rings. The second-order valence-corrected chi connectivity index (χ2v) is 6.31. The Morgan fingerprint density at radius 3 is 2.58 bits per heavy atom. The van der Waals surface area contributed by atoms with Gasteiger partial charge in [-0.05, 0) is 31.0 Å². The van der Waals surface area contributed by atoms with Crippen molar-refractivity contribution in [3.8, 4) is 17.9 Å². The zero-order valence-corrected chi connectivity index (χ0v) is 14.6. The number of nitriles is 2. The summed E-state index contributed by atoms with van der Waals surface area (Å²) in [6.45, 7) is 6.94. The van der Waals surface area contributed by atoms with Gasteiger partial charge in [-0.15, -0.1) is 0 Å². The number of piperazine rings is 1. The molecule has 0 saturated carbocycles. The first-order valence-electron chi connectivity index (χ1n) is 8.55. The molecular weight excluding hydrogens is 300 g/mol. The Labute approximate surface area is 145 Å². The number of rotatable bonds is 7. The summed E-state index contributed by atoms with van der Waals surface area (Å²) in [5.41, 5.74) is 1.27. The maximum atomic E-state index is 9.21. The van der Waals surface area contributed by atoms with Gasteiger partial charge in [-0.25, -0.2) is 0 Å². The first kappa shape index (κ1) is 18.3. The van der Waals surface area contributed by atoms with Crippen molar-refractivity contribution in [1.82, 2.24) is 9.80 Å². The summed E-state index contributed by atoms with van der Waals surface area (Å²) in [5, 5.41) is 17.9. The minimum atomic E-state index is -0.0352. The van der Waals surface area contributed by atoms with E-state index in [1.807, 2.05) is 12.1 Å². The molecule has 0 aromatic heterocycles. The van der Waals surface area contributed by atoms with Crippen molar-refractivity contribution >= 4 is 0 Å². The smallest absolute Gasteiger partial charge is 0.119 e. The van der Waals surface area contributed by atoms with Crippen molar-refractivity contribution in [2.75, 3.05) is 39.8 Å². The zero-order chi connectivity index (χ0) is 17.4. The quantitative estimate of drug-likeness (QED) is 0.771. The number of hydrogen-bond donors (Lipinski definition) is 0. The fourth-order valence-corrected chi connectivity index (χ4v) is 3.19. The lowest BCUT2D eigenvalue weighted by Crippen LogP contribution is -2.48. The largest absolute Gasteiger partial charge is 0.497 e. The molecule has 1 saturated heterocycles. The number of ether oxygens (including phenoxy) is 1. The van der Waals surface area contributed by atoms with Crippen molar-refractivity contribution in [1.29, 1.82) is 10.5 Å². The lowest BCUT2D eigenvalue weighted by Gasteiger charge is -2.38. The number of benzene rings is 1. The van der Waals surface area contributed by atoms with Crippen LogP contribution in [-0.2, 0) is 0 Å². The SMILES string of the molecule is COc1cccc(C(C)N2CCN(CC(C#N)CCC#N)CC2)c1. The van der Waals surface area contributed by atoms with E-state index in [1.54, 1.807) is 7.11 Å². The Bertz CT molecular complexity index is 596. The molecule has 2 unspecified atom stereocenters. The van der Waals surface area contributed by atoms with Gasteiger partial charge in [-0.1, -0.05) is 12.1 Å². The van der Waals surface area contributed by atoms with Crippen LogP contribution < -0.4 is 4.74 Å². The summed E-state index contributed by atoms with van der Waals surface area (Å²) in [5.74, 6) is 0.861. The molecule has 1 aliphatic heterocycles. The van der Waals surface area contributed by atoms with Crippen LogP contribution in [0.25, 0.3) is 0 Å². The first-order chi connectivity index (χ1) is 11.7. The van der Waals surface area contributed by atoms with E-state index in [-0.39, 0.29) is 5.92 Å². The minimum Gasteiger partial charge on any atom is -0.497 e. The second kappa shape index (κ2) is 9.27.